The van der Waals surface area contributed by atoms with Crippen LogP contribution >= 0.6 is 0 Å². The molecule has 1 aromatic carbocycles. The third-order valence-electron chi connectivity index (χ3n) is 3.14. The molecule has 20 heavy (non-hydrogen) atoms. The van der Waals surface area contributed by atoms with Gasteiger partial charge < -0.3 is 20.1 Å². The van der Waals surface area contributed by atoms with Crippen LogP contribution in [0.5, 0.6) is 5.75 Å². The van der Waals surface area contributed by atoms with E-state index in [-0.39, 0.29) is 17.9 Å². The zero-order valence-electron chi connectivity index (χ0n) is 12.2. The Balaban J connectivity index is 2.06. The van der Waals surface area contributed by atoms with E-state index in [2.05, 4.69) is 5.32 Å². The lowest BCUT2D eigenvalue weighted by molar-refractivity contribution is 0.0194. The summed E-state index contributed by atoms with van der Waals surface area (Å²) in [6.45, 7) is 7.35. The second kappa shape index (κ2) is 5.71. The largest absolute Gasteiger partial charge is 0.508 e. The Labute approximate surface area is 119 Å². The summed E-state index contributed by atoms with van der Waals surface area (Å²) >= 11 is 0. The number of hydrogen-bond acceptors (Lipinski definition) is 4. The van der Waals surface area contributed by atoms with Crippen molar-refractivity contribution in [2.75, 3.05) is 19.6 Å². The lowest BCUT2D eigenvalue weighted by atomic mass is 10.0. The molecule has 2 rings (SSSR count). The van der Waals surface area contributed by atoms with E-state index < -0.39 is 5.60 Å². The molecule has 0 aromatic heterocycles. The van der Waals surface area contributed by atoms with Crippen molar-refractivity contribution in [2.24, 2.45) is 0 Å². The quantitative estimate of drug-likeness (QED) is 0.827. The van der Waals surface area contributed by atoms with Crippen LogP contribution in [0.25, 0.3) is 0 Å². The fourth-order valence-corrected chi connectivity index (χ4v) is 2.23. The van der Waals surface area contributed by atoms with Gasteiger partial charge in [0.05, 0.1) is 6.04 Å². The van der Waals surface area contributed by atoms with E-state index in [1.165, 1.54) is 0 Å². The van der Waals surface area contributed by atoms with Gasteiger partial charge in [0.25, 0.3) is 0 Å². The maximum Gasteiger partial charge on any atom is 0.410 e. The molecule has 1 fully saturated rings. The molecule has 0 bridgehead atoms. The predicted octanol–water partition coefficient (Wildman–Crippen LogP) is 2.27. The molecule has 1 atom stereocenters. The van der Waals surface area contributed by atoms with Crippen molar-refractivity contribution in [3.63, 3.8) is 0 Å². The highest BCUT2D eigenvalue weighted by molar-refractivity contribution is 5.68. The van der Waals surface area contributed by atoms with E-state index in [0.29, 0.717) is 19.6 Å². The Hall–Kier alpha value is -1.75. The Morgan fingerprint density at radius 3 is 2.75 bits per heavy atom. The van der Waals surface area contributed by atoms with Gasteiger partial charge in [-0.25, -0.2) is 4.79 Å². The Bertz CT molecular complexity index is 482. The number of para-hydroxylation sites is 1. The van der Waals surface area contributed by atoms with Crippen molar-refractivity contribution in [2.45, 2.75) is 32.4 Å². The number of aromatic hydroxyl groups is 1. The minimum Gasteiger partial charge on any atom is -0.508 e. The number of phenols is 1. The smallest absolute Gasteiger partial charge is 0.410 e. The van der Waals surface area contributed by atoms with Crippen molar-refractivity contribution in [1.82, 2.24) is 10.2 Å². The molecule has 1 amide bonds. The average molecular weight is 278 g/mol. The molecule has 2 N–H and O–H groups in total. The Morgan fingerprint density at radius 1 is 1.40 bits per heavy atom. The summed E-state index contributed by atoms with van der Waals surface area (Å²) in [7, 11) is 0. The molecule has 0 saturated carbocycles. The molecule has 1 aliphatic heterocycles. The molecule has 1 aromatic rings. The van der Waals surface area contributed by atoms with Crippen LogP contribution in [-0.2, 0) is 4.74 Å². The van der Waals surface area contributed by atoms with E-state index in [4.69, 9.17) is 4.74 Å². The van der Waals surface area contributed by atoms with E-state index in [0.717, 1.165) is 5.56 Å². The number of phenolic OH excluding ortho intramolecular Hbond substituents is 1. The molecule has 5 nitrogen and oxygen atoms in total. The maximum absolute atomic E-state index is 12.1. The minimum atomic E-state index is -0.494. The molecule has 1 saturated heterocycles. The molecule has 1 heterocycles. The van der Waals surface area contributed by atoms with Crippen LogP contribution in [0.1, 0.15) is 32.4 Å². The SMILES string of the molecule is CC(C)(C)OC(=O)N1CCNC(c2ccccc2O)C1. The van der Waals surface area contributed by atoms with Crippen molar-refractivity contribution >= 4 is 6.09 Å². The lowest BCUT2D eigenvalue weighted by Gasteiger charge is -2.35. The van der Waals surface area contributed by atoms with Crippen LogP contribution in [0.3, 0.4) is 0 Å². The van der Waals surface area contributed by atoms with Gasteiger partial charge in [0, 0.05) is 25.2 Å². The number of hydrogen-bond donors (Lipinski definition) is 2. The van der Waals surface area contributed by atoms with Gasteiger partial charge in [0.15, 0.2) is 0 Å². The first-order valence-corrected chi connectivity index (χ1v) is 6.86. The maximum atomic E-state index is 12.1. The van der Waals surface area contributed by atoms with Crippen molar-refractivity contribution in [3.05, 3.63) is 29.8 Å². The normalized spacial score (nSPS) is 19.8. The van der Waals surface area contributed by atoms with Crippen LogP contribution in [0.2, 0.25) is 0 Å². The number of nitrogens with zero attached hydrogens (tertiary/aromatic N) is 1. The van der Waals surface area contributed by atoms with E-state index >= 15 is 0 Å². The number of nitrogens with one attached hydrogen (secondary N) is 1. The second-order valence-electron chi connectivity index (χ2n) is 5.99. The van der Waals surface area contributed by atoms with Gasteiger partial charge in [-0.05, 0) is 26.8 Å². The molecule has 5 heteroatoms. The third-order valence-corrected chi connectivity index (χ3v) is 3.14. The lowest BCUT2D eigenvalue weighted by Crippen LogP contribution is -2.49. The molecule has 0 aliphatic carbocycles. The van der Waals surface area contributed by atoms with Gasteiger partial charge in [-0.3, -0.25) is 0 Å². The molecular weight excluding hydrogens is 256 g/mol. The van der Waals surface area contributed by atoms with Gasteiger partial charge in [0.2, 0.25) is 0 Å². The Kier molecular flexibility index (Phi) is 4.18. The van der Waals surface area contributed by atoms with Crippen LogP contribution in [0, 0.1) is 0 Å². The predicted molar refractivity (Wildman–Crippen MR) is 76.7 cm³/mol. The van der Waals surface area contributed by atoms with Crippen LogP contribution in [0.4, 0.5) is 4.79 Å². The molecule has 0 radical (unpaired) electrons. The monoisotopic (exact) mass is 278 g/mol. The van der Waals surface area contributed by atoms with Crippen LogP contribution in [-0.4, -0.2) is 41.3 Å². The van der Waals surface area contributed by atoms with E-state index in [1.807, 2.05) is 32.9 Å². The summed E-state index contributed by atoms with van der Waals surface area (Å²) in [5.41, 5.74) is 0.313. The fraction of sp³-hybridized carbons (Fsp3) is 0.533. The summed E-state index contributed by atoms with van der Waals surface area (Å²) in [4.78, 5) is 13.8. The molecular formula is C15H22N2O3. The molecule has 1 aliphatic rings. The van der Waals surface area contributed by atoms with Gasteiger partial charge in [-0.2, -0.15) is 0 Å². The summed E-state index contributed by atoms with van der Waals surface area (Å²) in [5, 5.41) is 13.2. The molecule has 0 spiro atoms. The molecule has 110 valence electrons. The summed E-state index contributed by atoms with van der Waals surface area (Å²) in [6, 6.07) is 7.11. The highest BCUT2D eigenvalue weighted by atomic mass is 16.6. The number of amides is 1. The zero-order chi connectivity index (χ0) is 14.8. The van der Waals surface area contributed by atoms with E-state index in [9.17, 15) is 9.90 Å². The first kappa shape index (κ1) is 14.7. The standard InChI is InChI=1S/C15H22N2O3/c1-15(2,3)20-14(19)17-9-8-16-12(10-17)11-6-4-5-7-13(11)18/h4-7,12,16,18H,8-10H2,1-3H3. The number of rotatable bonds is 1. The summed E-state index contributed by atoms with van der Waals surface area (Å²) in [6.07, 6.45) is -0.306. The van der Waals surface area contributed by atoms with Crippen LogP contribution < -0.4 is 5.32 Å². The second-order valence-corrected chi connectivity index (χ2v) is 5.99. The third kappa shape index (κ3) is 3.63. The Morgan fingerprint density at radius 2 is 2.10 bits per heavy atom. The highest BCUT2D eigenvalue weighted by Gasteiger charge is 2.28. The van der Waals surface area contributed by atoms with E-state index in [1.54, 1.807) is 17.0 Å². The van der Waals surface area contributed by atoms with Gasteiger partial charge in [-0.1, -0.05) is 18.2 Å². The first-order chi connectivity index (χ1) is 9.37. The number of ether oxygens (including phenoxy) is 1. The van der Waals surface area contributed by atoms with Crippen LogP contribution in [0.15, 0.2) is 24.3 Å². The number of carbonyl (C=O) groups is 1. The number of carbonyl (C=O) groups excluding carboxylic acids is 1. The molecule has 1 unspecified atom stereocenters. The van der Waals surface area contributed by atoms with Crippen molar-refractivity contribution in [1.29, 1.82) is 0 Å². The van der Waals surface area contributed by atoms with Crippen molar-refractivity contribution < 1.29 is 14.6 Å². The van der Waals surface area contributed by atoms with Crippen molar-refractivity contribution in [3.8, 4) is 5.75 Å². The summed E-state index contributed by atoms with van der Waals surface area (Å²) < 4.78 is 5.39. The highest BCUT2D eigenvalue weighted by Crippen LogP contribution is 2.26. The van der Waals surface area contributed by atoms with Gasteiger partial charge in [-0.15, -0.1) is 0 Å². The average Bonchev–Trinajstić information content (AvgIpc) is 2.37. The first-order valence-electron chi connectivity index (χ1n) is 6.86. The van der Waals surface area contributed by atoms with Gasteiger partial charge >= 0.3 is 6.09 Å². The topological polar surface area (TPSA) is 61.8 Å². The summed E-state index contributed by atoms with van der Waals surface area (Å²) in [5.74, 6) is 0.246. The number of benzene rings is 1. The zero-order valence-corrected chi connectivity index (χ0v) is 12.2. The fourth-order valence-electron chi connectivity index (χ4n) is 2.23. The minimum absolute atomic E-state index is 0.0718. The van der Waals surface area contributed by atoms with Gasteiger partial charge in [0.1, 0.15) is 11.4 Å². The number of piperazine rings is 1.